The molecule has 2 aliphatic rings. The van der Waals surface area contributed by atoms with Crippen molar-refractivity contribution in [1.82, 2.24) is 19.5 Å². The summed E-state index contributed by atoms with van der Waals surface area (Å²) in [6.07, 6.45) is 2.67. The van der Waals surface area contributed by atoms with Crippen LogP contribution in [0, 0.1) is 0 Å². The number of nitrogens with zero attached hydrogens (tertiary/aromatic N) is 5. The number of carbonyl (C=O) groups excluding carboxylic acids is 1. The topological polar surface area (TPSA) is 70.8 Å². The Balaban J connectivity index is 1.48. The van der Waals surface area contributed by atoms with Crippen molar-refractivity contribution >= 4 is 28.0 Å². The summed E-state index contributed by atoms with van der Waals surface area (Å²) in [7, 11) is 0. The Labute approximate surface area is 172 Å². The minimum atomic E-state index is -0.162. The molecule has 8 heteroatoms. The number of urea groups is 1. The Morgan fingerprint density at radius 3 is 2.90 bits per heavy atom. The van der Waals surface area contributed by atoms with E-state index in [-0.39, 0.29) is 23.6 Å². The van der Waals surface area contributed by atoms with E-state index >= 15 is 0 Å². The van der Waals surface area contributed by atoms with Crippen LogP contribution in [0.25, 0.3) is 4.96 Å². The van der Waals surface area contributed by atoms with Crippen LogP contribution in [-0.2, 0) is 6.42 Å². The lowest BCUT2D eigenvalue weighted by Crippen LogP contribution is -2.42. The van der Waals surface area contributed by atoms with E-state index in [0.29, 0.717) is 18.1 Å². The van der Waals surface area contributed by atoms with Gasteiger partial charge in [0.1, 0.15) is 5.01 Å². The van der Waals surface area contributed by atoms with E-state index in [1.165, 1.54) is 21.4 Å². The molecule has 1 atom stereocenters. The number of para-hydroxylation sites is 1. The molecule has 0 aliphatic carbocycles. The van der Waals surface area contributed by atoms with Gasteiger partial charge in [-0.05, 0) is 36.8 Å². The van der Waals surface area contributed by atoms with Crippen molar-refractivity contribution in [2.24, 2.45) is 0 Å². The van der Waals surface area contributed by atoms with Crippen LogP contribution in [0.5, 0.6) is 0 Å². The number of aromatic nitrogens is 3. The van der Waals surface area contributed by atoms with Crippen LogP contribution in [0.2, 0.25) is 0 Å². The minimum absolute atomic E-state index is 0.0277. The van der Waals surface area contributed by atoms with E-state index in [1.807, 2.05) is 41.8 Å². The molecule has 1 saturated heterocycles. The average Bonchev–Trinajstić information content (AvgIpc) is 3.44. The molecule has 0 radical (unpaired) electrons. The smallest absolute Gasteiger partial charge is 0.315 e. The highest BCUT2D eigenvalue weighted by atomic mass is 32.1. The quantitative estimate of drug-likeness (QED) is 0.648. The second-order valence-corrected chi connectivity index (χ2v) is 8.96. The fourth-order valence-electron chi connectivity index (χ4n) is 4.22. The first-order valence-electron chi connectivity index (χ1n) is 10.1. The number of fused-ring (bicyclic) bond motifs is 2. The maximum absolute atomic E-state index is 13.4. The molecule has 0 spiro atoms. The highest BCUT2D eigenvalue weighted by Crippen LogP contribution is 2.37. The Bertz CT molecular complexity index is 1150. The fraction of sp³-hybridized carbons (Fsp3) is 0.429. The number of rotatable bonds is 2. The third kappa shape index (κ3) is 3.02. The summed E-state index contributed by atoms with van der Waals surface area (Å²) < 4.78 is 1.37. The van der Waals surface area contributed by atoms with Crippen LogP contribution in [0.15, 0.2) is 35.1 Å². The van der Waals surface area contributed by atoms with Crippen LogP contribution >= 0.6 is 11.3 Å². The summed E-state index contributed by atoms with van der Waals surface area (Å²) in [6.45, 7) is 5.45. The molecule has 2 aromatic heterocycles. The predicted molar refractivity (Wildman–Crippen MR) is 113 cm³/mol. The lowest BCUT2D eigenvalue weighted by atomic mass is 10.1. The summed E-state index contributed by atoms with van der Waals surface area (Å²) in [5.74, 6) is 0.179. The van der Waals surface area contributed by atoms with Crippen LogP contribution in [-0.4, -0.2) is 38.6 Å². The lowest BCUT2D eigenvalue weighted by molar-refractivity contribution is 0.200. The maximum atomic E-state index is 13.4. The number of carbonyl (C=O) groups is 1. The van der Waals surface area contributed by atoms with Gasteiger partial charge < -0.3 is 4.90 Å². The number of likely N-dealkylation sites (tertiary alicyclic amines) is 1. The maximum Gasteiger partial charge on any atom is 0.325 e. The van der Waals surface area contributed by atoms with Crippen molar-refractivity contribution in [3.63, 3.8) is 0 Å². The van der Waals surface area contributed by atoms with Gasteiger partial charge >= 0.3 is 6.03 Å². The monoisotopic (exact) mass is 409 g/mol. The summed E-state index contributed by atoms with van der Waals surface area (Å²) in [5.41, 5.74) is 2.84. The molecule has 5 rings (SSSR count). The van der Waals surface area contributed by atoms with Gasteiger partial charge in [-0.1, -0.05) is 43.4 Å². The molecule has 29 heavy (non-hydrogen) atoms. The van der Waals surface area contributed by atoms with Crippen molar-refractivity contribution in [3.8, 4) is 0 Å². The zero-order valence-electron chi connectivity index (χ0n) is 16.5. The largest absolute Gasteiger partial charge is 0.325 e. The number of anilines is 1. The van der Waals surface area contributed by atoms with Gasteiger partial charge in [0, 0.05) is 24.8 Å². The highest BCUT2D eigenvalue weighted by molar-refractivity contribution is 7.16. The third-order valence-electron chi connectivity index (χ3n) is 5.77. The van der Waals surface area contributed by atoms with Crippen LogP contribution < -0.4 is 10.5 Å². The second-order valence-electron chi connectivity index (χ2n) is 7.97. The van der Waals surface area contributed by atoms with E-state index in [4.69, 9.17) is 0 Å². The van der Waals surface area contributed by atoms with Crippen LogP contribution in [0.3, 0.4) is 0 Å². The van der Waals surface area contributed by atoms with E-state index in [0.717, 1.165) is 35.7 Å². The molecule has 150 valence electrons. The zero-order valence-corrected chi connectivity index (χ0v) is 17.4. The summed E-state index contributed by atoms with van der Waals surface area (Å²) in [4.78, 5) is 34.8. The van der Waals surface area contributed by atoms with Gasteiger partial charge in [0.2, 0.25) is 4.96 Å². The van der Waals surface area contributed by atoms with E-state index < -0.39 is 0 Å². The van der Waals surface area contributed by atoms with Crippen molar-refractivity contribution in [2.75, 3.05) is 18.0 Å². The zero-order chi connectivity index (χ0) is 20.1. The molecule has 0 N–H and O–H groups in total. The number of hydrogen-bond acceptors (Lipinski definition) is 5. The van der Waals surface area contributed by atoms with Gasteiger partial charge in [0.05, 0.1) is 11.7 Å². The van der Waals surface area contributed by atoms with Gasteiger partial charge in [-0.2, -0.15) is 9.61 Å². The van der Waals surface area contributed by atoms with Crippen LogP contribution in [0.1, 0.15) is 54.9 Å². The minimum Gasteiger partial charge on any atom is -0.315 e. The van der Waals surface area contributed by atoms with Crippen molar-refractivity contribution in [1.29, 1.82) is 0 Å². The Hall–Kier alpha value is -2.74. The summed E-state index contributed by atoms with van der Waals surface area (Å²) in [6, 6.07) is 9.57. The van der Waals surface area contributed by atoms with E-state index in [1.54, 1.807) is 6.07 Å². The average molecular weight is 410 g/mol. The number of hydrogen-bond donors (Lipinski definition) is 0. The molecule has 3 aromatic rings. The van der Waals surface area contributed by atoms with E-state index in [2.05, 4.69) is 16.1 Å². The predicted octanol–water partition coefficient (Wildman–Crippen LogP) is 3.59. The van der Waals surface area contributed by atoms with Gasteiger partial charge in [-0.15, -0.1) is 0 Å². The number of amides is 2. The SMILES string of the molecule is CC(C)c1cc(=O)n2nc(C3CCCN3C(=O)N3CCc4ccccc43)sc2n1. The van der Waals surface area contributed by atoms with Crippen molar-refractivity contribution in [2.45, 2.75) is 45.1 Å². The molecule has 7 nitrogen and oxygen atoms in total. The van der Waals surface area contributed by atoms with Crippen molar-refractivity contribution in [3.05, 3.63) is 57.0 Å². The molecule has 4 heterocycles. The molecule has 1 unspecified atom stereocenters. The van der Waals surface area contributed by atoms with E-state index in [9.17, 15) is 9.59 Å². The molecule has 0 bridgehead atoms. The Morgan fingerprint density at radius 2 is 2.07 bits per heavy atom. The second kappa shape index (κ2) is 6.95. The molecular formula is C21H23N5O2S. The number of benzene rings is 1. The molecular weight excluding hydrogens is 386 g/mol. The standard InChI is InChI=1S/C21H23N5O2S/c1-13(2)15-12-18(27)26-20(22-15)29-19(23-26)17-8-5-10-24(17)21(28)25-11-9-14-6-3-4-7-16(14)25/h3-4,6-7,12-13,17H,5,8-11H2,1-2H3. The van der Waals surface area contributed by atoms with Gasteiger partial charge in [-0.3, -0.25) is 9.69 Å². The normalized spacial score (nSPS) is 18.8. The first-order chi connectivity index (χ1) is 14.0. The van der Waals surface area contributed by atoms with Gasteiger partial charge in [0.15, 0.2) is 0 Å². The molecule has 1 fully saturated rings. The molecule has 2 aliphatic heterocycles. The molecule has 1 aromatic carbocycles. The van der Waals surface area contributed by atoms with Crippen LogP contribution in [0.4, 0.5) is 10.5 Å². The highest BCUT2D eigenvalue weighted by Gasteiger charge is 2.37. The molecule has 0 saturated carbocycles. The lowest BCUT2D eigenvalue weighted by Gasteiger charge is -2.28. The third-order valence-corrected chi connectivity index (χ3v) is 6.78. The fourth-order valence-corrected chi connectivity index (χ4v) is 5.28. The van der Waals surface area contributed by atoms with Gasteiger partial charge in [-0.25, -0.2) is 9.78 Å². The Morgan fingerprint density at radius 1 is 1.24 bits per heavy atom. The van der Waals surface area contributed by atoms with Gasteiger partial charge in [0.25, 0.3) is 5.56 Å². The van der Waals surface area contributed by atoms with Crippen molar-refractivity contribution < 1.29 is 4.79 Å². The summed E-state index contributed by atoms with van der Waals surface area (Å²) >= 11 is 1.42. The first-order valence-corrected chi connectivity index (χ1v) is 10.9. The Kier molecular flexibility index (Phi) is 4.38. The first kappa shape index (κ1) is 18.3. The molecule has 2 amide bonds. The summed E-state index contributed by atoms with van der Waals surface area (Å²) in [5, 5.41) is 5.33.